The van der Waals surface area contributed by atoms with Gasteiger partial charge in [-0.1, -0.05) is 6.42 Å². The van der Waals surface area contributed by atoms with E-state index >= 15 is 0 Å². The van der Waals surface area contributed by atoms with Crippen LogP contribution in [0.15, 0.2) is 17.2 Å². The molecule has 8 heteroatoms. The summed E-state index contributed by atoms with van der Waals surface area (Å²) in [5.74, 6) is -0.316. The molecule has 136 valence electrons. The van der Waals surface area contributed by atoms with Gasteiger partial charge in [-0.25, -0.2) is 8.42 Å². The molecule has 1 aliphatic carbocycles. The molecule has 1 amide bonds. The standard InChI is InChI=1S/C17H24N4O3S/c1-19-12-14(25(23,24)21-9-4-3-5-10-21)11-15(19)16(22)20(2)17(13-18)7-6-8-17/h11-12H,3-10H2,1-2H3. The van der Waals surface area contributed by atoms with Gasteiger partial charge >= 0.3 is 0 Å². The maximum atomic E-state index is 12.8. The largest absolute Gasteiger partial charge is 0.345 e. The lowest BCUT2D eigenvalue weighted by molar-refractivity contribution is 0.0488. The fourth-order valence-corrected chi connectivity index (χ4v) is 5.13. The lowest BCUT2D eigenvalue weighted by atomic mass is 9.76. The Labute approximate surface area is 148 Å². The Morgan fingerprint density at radius 3 is 2.40 bits per heavy atom. The first kappa shape index (κ1) is 18.0. The van der Waals surface area contributed by atoms with Gasteiger partial charge in [0.05, 0.1) is 6.07 Å². The maximum absolute atomic E-state index is 12.8. The second kappa shape index (κ2) is 6.46. The Kier molecular flexibility index (Phi) is 4.64. The third-order valence-corrected chi connectivity index (χ3v) is 7.35. The van der Waals surface area contributed by atoms with Crippen molar-refractivity contribution in [1.82, 2.24) is 13.8 Å². The van der Waals surface area contributed by atoms with E-state index in [0.29, 0.717) is 31.6 Å². The lowest BCUT2D eigenvalue weighted by Gasteiger charge is -2.42. The summed E-state index contributed by atoms with van der Waals surface area (Å²) in [6.45, 7) is 1.05. The van der Waals surface area contributed by atoms with Crippen LogP contribution in [-0.2, 0) is 17.1 Å². The Morgan fingerprint density at radius 1 is 1.24 bits per heavy atom. The topological polar surface area (TPSA) is 86.4 Å². The van der Waals surface area contributed by atoms with E-state index in [4.69, 9.17) is 0 Å². The number of aromatic nitrogens is 1. The molecule has 1 aromatic rings. The summed E-state index contributed by atoms with van der Waals surface area (Å²) in [5, 5.41) is 9.42. The van der Waals surface area contributed by atoms with E-state index in [0.717, 1.165) is 25.7 Å². The van der Waals surface area contributed by atoms with Crippen LogP contribution < -0.4 is 0 Å². The van der Waals surface area contributed by atoms with Crippen LogP contribution in [0.3, 0.4) is 0 Å². The zero-order valence-electron chi connectivity index (χ0n) is 14.7. The molecule has 0 unspecified atom stereocenters. The number of hydrogen-bond acceptors (Lipinski definition) is 4. The number of rotatable bonds is 4. The fourth-order valence-electron chi connectivity index (χ4n) is 3.54. The van der Waals surface area contributed by atoms with Gasteiger partial charge in [-0.3, -0.25) is 4.79 Å². The van der Waals surface area contributed by atoms with E-state index in [9.17, 15) is 18.5 Å². The number of nitrogens with zero attached hydrogens (tertiary/aromatic N) is 4. The molecule has 0 bridgehead atoms. The van der Waals surface area contributed by atoms with Gasteiger partial charge in [-0.15, -0.1) is 0 Å². The molecule has 1 aromatic heterocycles. The van der Waals surface area contributed by atoms with Crippen molar-refractivity contribution in [3.05, 3.63) is 18.0 Å². The van der Waals surface area contributed by atoms with Crippen LogP contribution >= 0.6 is 0 Å². The van der Waals surface area contributed by atoms with Crippen molar-refractivity contribution in [3.8, 4) is 6.07 Å². The van der Waals surface area contributed by atoms with Gasteiger partial charge in [0.2, 0.25) is 10.0 Å². The van der Waals surface area contributed by atoms with Crippen molar-refractivity contribution >= 4 is 15.9 Å². The second-order valence-corrected chi connectivity index (χ2v) is 8.94. The highest BCUT2D eigenvalue weighted by Gasteiger charge is 2.44. The van der Waals surface area contributed by atoms with Crippen molar-refractivity contribution in [2.75, 3.05) is 20.1 Å². The van der Waals surface area contributed by atoms with Crippen LogP contribution in [-0.4, -0.2) is 53.8 Å². The van der Waals surface area contributed by atoms with E-state index in [-0.39, 0.29) is 10.8 Å². The van der Waals surface area contributed by atoms with Gasteiger partial charge < -0.3 is 9.47 Å². The van der Waals surface area contributed by atoms with Gasteiger partial charge in [0.25, 0.3) is 5.91 Å². The van der Waals surface area contributed by atoms with E-state index in [2.05, 4.69) is 6.07 Å². The average Bonchev–Trinajstić information content (AvgIpc) is 2.97. The van der Waals surface area contributed by atoms with Crippen LogP contribution in [0, 0.1) is 11.3 Å². The molecule has 0 atom stereocenters. The van der Waals surface area contributed by atoms with Gasteiger partial charge in [0.1, 0.15) is 16.1 Å². The van der Waals surface area contributed by atoms with E-state index in [1.807, 2.05) is 0 Å². The fraction of sp³-hybridized carbons (Fsp3) is 0.647. The van der Waals surface area contributed by atoms with Crippen LogP contribution in [0.25, 0.3) is 0 Å². The van der Waals surface area contributed by atoms with E-state index in [1.165, 1.54) is 21.5 Å². The van der Waals surface area contributed by atoms with Crippen LogP contribution in [0.2, 0.25) is 0 Å². The third-order valence-electron chi connectivity index (χ3n) is 5.49. The molecule has 0 N–H and O–H groups in total. The van der Waals surface area contributed by atoms with Gasteiger partial charge in [0, 0.05) is 33.4 Å². The number of piperidine rings is 1. The molecule has 1 saturated heterocycles. The van der Waals surface area contributed by atoms with Crippen LogP contribution in [0.4, 0.5) is 0 Å². The summed E-state index contributed by atoms with van der Waals surface area (Å²) < 4.78 is 28.6. The molecule has 25 heavy (non-hydrogen) atoms. The minimum absolute atomic E-state index is 0.147. The number of carbonyl (C=O) groups excluding carboxylic acids is 1. The maximum Gasteiger partial charge on any atom is 0.271 e. The Morgan fingerprint density at radius 2 is 1.88 bits per heavy atom. The van der Waals surface area contributed by atoms with Crippen LogP contribution in [0.5, 0.6) is 0 Å². The molecule has 3 rings (SSSR count). The van der Waals surface area contributed by atoms with Crippen molar-refractivity contribution < 1.29 is 13.2 Å². The first-order chi connectivity index (χ1) is 11.8. The normalized spacial score (nSPS) is 20.5. The average molecular weight is 364 g/mol. The number of nitriles is 1. The Hall–Kier alpha value is -1.85. The summed E-state index contributed by atoms with van der Waals surface area (Å²) >= 11 is 0. The number of amides is 1. The summed E-state index contributed by atoms with van der Waals surface area (Å²) in [6, 6.07) is 3.68. The van der Waals surface area contributed by atoms with Gasteiger partial charge in [-0.05, 0) is 38.2 Å². The number of carbonyl (C=O) groups is 1. The number of sulfonamides is 1. The SMILES string of the molecule is CN(C(=O)c1cc(S(=O)(=O)N2CCCCC2)cn1C)C1(C#N)CCC1. The molecule has 0 spiro atoms. The zero-order chi connectivity index (χ0) is 18.2. The Balaban J connectivity index is 1.87. The Bertz CT molecular complexity index is 811. The predicted molar refractivity (Wildman–Crippen MR) is 92.3 cm³/mol. The second-order valence-electron chi connectivity index (χ2n) is 7.00. The highest BCUT2D eigenvalue weighted by molar-refractivity contribution is 7.89. The molecule has 2 aliphatic rings. The van der Waals surface area contributed by atoms with Crippen molar-refractivity contribution in [3.63, 3.8) is 0 Å². The van der Waals surface area contributed by atoms with E-state index in [1.54, 1.807) is 18.7 Å². The molecule has 7 nitrogen and oxygen atoms in total. The predicted octanol–water partition coefficient (Wildman–Crippen LogP) is 1.72. The van der Waals surface area contributed by atoms with Gasteiger partial charge in [0.15, 0.2) is 0 Å². The summed E-state index contributed by atoms with van der Waals surface area (Å²) in [7, 11) is -0.294. The molecule has 2 heterocycles. The molecule has 1 saturated carbocycles. The van der Waals surface area contributed by atoms with E-state index < -0.39 is 15.6 Å². The zero-order valence-corrected chi connectivity index (χ0v) is 15.5. The number of aryl methyl sites for hydroxylation is 1. The van der Waals surface area contributed by atoms with Crippen molar-refractivity contribution in [2.24, 2.45) is 7.05 Å². The minimum Gasteiger partial charge on any atom is -0.345 e. The first-order valence-corrected chi connectivity index (χ1v) is 10.1. The highest BCUT2D eigenvalue weighted by Crippen LogP contribution is 2.37. The van der Waals surface area contributed by atoms with Crippen LogP contribution in [0.1, 0.15) is 49.0 Å². The first-order valence-electron chi connectivity index (χ1n) is 8.68. The third kappa shape index (κ3) is 2.96. The molecule has 1 aliphatic heterocycles. The smallest absolute Gasteiger partial charge is 0.271 e. The van der Waals surface area contributed by atoms with Gasteiger partial charge in [-0.2, -0.15) is 9.57 Å². The summed E-state index contributed by atoms with van der Waals surface area (Å²) in [5.41, 5.74) is -0.465. The lowest BCUT2D eigenvalue weighted by Crippen LogP contribution is -2.53. The van der Waals surface area contributed by atoms with Crippen molar-refractivity contribution in [2.45, 2.75) is 49.0 Å². The monoisotopic (exact) mass is 364 g/mol. The molecule has 0 aromatic carbocycles. The minimum atomic E-state index is -3.58. The molecule has 0 radical (unpaired) electrons. The summed E-state index contributed by atoms with van der Waals surface area (Å²) in [4.78, 5) is 14.4. The molecular formula is C17H24N4O3S. The molecular weight excluding hydrogens is 340 g/mol. The summed E-state index contributed by atoms with van der Waals surface area (Å²) in [6.07, 6.45) is 6.52. The number of hydrogen-bond donors (Lipinski definition) is 0. The molecule has 2 fully saturated rings. The quantitative estimate of drug-likeness (QED) is 0.814. The van der Waals surface area contributed by atoms with Crippen molar-refractivity contribution in [1.29, 1.82) is 5.26 Å². The highest BCUT2D eigenvalue weighted by atomic mass is 32.2.